The maximum absolute atomic E-state index is 15.2. The van der Waals surface area contributed by atoms with E-state index in [0.29, 0.717) is 12.1 Å². The van der Waals surface area contributed by atoms with Gasteiger partial charge in [0.1, 0.15) is 0 Å². The van der Waals surface area contributed by atoms with Crippen molar-refractivity contribution >= 4 is 23.3 Å². The summed E-state index contributed by atoms with van der Waals surface area (Å²) in [6.07, 6.45) is -11.2. The van der Waals surface area contributed by atoms with Gasteiger partial charge in [0.05, 0.1) is 33.2 Å². The van der Waals surface area contributed by atoms with E-state index < -0.39 is 69.3 Å². The first-order chi connectivity index (χ1) is 20.1. The van der Waals surface area contributed by atoms with Gasteiger partial charge in [-0.1, -0.05) is 0 Å². The lowest BCUT2D eigenvalue weighted by Crippen LogP contribution is -2.54. The summed E-state index contributed by atoms with van der Waals surface area (Å²) in [5.41, 5.74) is -6.75. The lowest BCUT2D eigenvalue weighted by molar-refractivity contribution is -0.339. The summed E-state index contributed by atoms with van der Waals surface area (Å²) < 4.78 is 197. The summed E-state index contributed by atoms with van der Waals surface area (Å²) in [5, 5.41) is -2.44. The molecule has 1 aliphatic rings. The molecule has 0 unspecified atom stereocenters. The number of fused-ring (bicyclic) bond motifs is 8. The van der Waals surface area contributed by atoms with Crippen LogP contribution < -0.4 is 21.4 Å². The normalized spacial score (nSPS) is 19.3. The Balaban J connectivity index is 1.97. The molecule has 8 bridgehead atoms. The Morgan fingerprint density at radius 2 is 0.750 bits per heavy atom. The number of aromatic amines is 4. The number of hydrogen-bond donors (Lipinski definition) is 4. The molecule has 4 N–H and O–H groups in total. The van der Waals surface area contributed by atoms with Crippen LogP contribution in [0.5, 0.6) is 0 Å². The van der Waals surface area contributed by atoms with Gasteiger partial charge in [-0.3, -0.25) is 0 Å². The van der Waals surface area contributed by atoms with Crippen LogP contribution in [0.15, 0.2) is 48.5 Å². The zero-order valence-electron chi connectivity index (χ0n) is 21.1. The Labute approximate surface area is 234 Å². The van der Waals surface area contributed by atoms with Gasteiger partial charge < -0.3 is 19.9 Å². The Morgan fingerprint density at radius 3 is 1.09 bits per heavy atom. The molecule has 0 amide bonds. The van der Waals surface area contributed by atoms with E-state index in [1.54, 1.807) is 4.98 Å². The van der Waals surface area contributed by atoms with Crippen LogP contribution in [0.25, 0.3) is 23.3 Å². The highest BCUT2D eigenvalue weighted by Crippen LogP contribution is 2.52. The summed E-state index contributed by atoms with van der Waals surface area (Å²) in [4.78, 5) is 8.82. The number of rotatable bonds is 4. The highest BCUT2D eigenvalue weighted by Gasteiger charge is 2.75. The average Bonchev–Trinajstić information content (AvgIpc) is 3.68. The number of H-pyrrole nitrogens is 4. The largest absolute Gasteiger partial charge is 0.460 e. The van der Waals surface area contributed by atoms with Gasteiger partial charge in [-0.25, -0.2) is 0 Å². The molecule has 44 heavy (non-hydrogen) atoms. The third kappa shape index (κ3) is 4.70. The average molecular weight is 648 g/mol. The predicted octanol–water partition coefficient (Wildman–Crippen LogP) is 5.03. The third-order valence-corrected chi connectivity index (χ3v) is 6.66. The summed E-state index contributed by atoms with van der Waals surface area (Å²) in [7, 11) is 0. The van der Waals surface area contributed by atoms with Crippen LogP contribution in [0.3, 0.4) is 0 Å². The van der Waals surface area contributed by atoms with Gasteiger partial charge in [-0.15, -0.1) is 0 Å². The van der Waals surface area contributed by atoms with Crippen LogP contribution in [0.1, 0.15) is 22.8 Å². The van der Waals surface area contributed by atoms with Crippen LogP contribution in [0, 0.1) is 0 Å². The molecular formula is C26H14F14N4. The third-order valence-electron chi connectivity index (χ3n) is 6.66. The van der Waals surface area contributed by atoms with Crippen molar-refractivity contribution in [2.24, 2.45) is 0 Å². The smallest absolute Gasteiger partial charge is 0.355 e. The van der Waals surface area contributed by atoms with Crippen molar-refractivity contribution in [2.45, 2.75) is 36.0 Å². The molecule has 5 rings (SSSR count). The second kappa shape index (κ2) is 9.56. The van der Waals surface area contributed by atoms with E-state index in [9.17, 15) is 43.9 Å². The predicted molar refractivity (Wildman–Crippen MR) is 126 cm³/mol. The Morgan fingerprint density at radius 1 is 0.386 bits per heavy atom. The summed E-state index contributed by atoms with van der Waals surface area (Å²) in [6, 6.07) is 6.61. The zero-order chi connectivity index (χ0) is 32.7. The van der Waals surface area contributed by atoms with Crippen LogP contribution in [-0.2, 0) is 0 Å². The molecule has 0 fully saturated rings. The molecule has 0 aromatic carbocycles. The van der Waals surface area contributed by atoms with Crippen molar-refractivity contribution in [1.29, 1.82) is 0 Å². The van der Waals surface area contributed by atoms with Crippen molar-refractivity contribution in [3.63, 3.8) is 0 Å². The monoisotopic (exact) mass is 648 g/mol. The molecular weight excluding hydrogens is 634 g/mol. The van der Waals surface area contributed by atoms with Crippen molar-refractivity contribution in [3.8, 4) is 0 Å². The van der Waals surface area contributed by atoms with Crippen molar-refractivity contribution < 1.29 is 61.5 Å². The molecule has 5 heterocycles. The SMILES string of the molecule is FC(F)(F)C(F)(F)C(F)(F)/C1=c2\cc/c([nH]2)=C(\C(F)(F)C(F)(F)C(F)(F)F)c2ccc([nH]2)/C=c2/cc/c([nH]2)=C/c2ccc1[nH]2. The van der Waals surface area contributed by atoms with E-state index in [-0.39, 0.29) is 34.2 Å². The topological polar surface area (TPSA) is 63.2 Å². The highest BCUT2D eigenvalue weighted by molar-refractivity contribution is 5.73. The van der Waals surface area contributed by atoms with E-state index in [1.165, 1.54) is 24.3 Å². The Kier molecular flexibility index (Phi) is 6.75. The van der Waals surface area contributed by atoms with Crippen molar-refractivity contribution in [2.75, 3.05) is 0 Å². The molecule has 18 heteroatoms. The lowest BCUT2D eigenvalue weighted by Gasteiger charge is -2.30. The minimum atomic E-state index is -6.85. The van der Waals surface area contributed by atoms with Crippen molar-refractivity contribution in [1.82, 2.24) is 19.9 Å². The van der Waals surface area contributed by atoms with Gasteiger partial charge in [0, 0.05) is 22.1 Å². The lowest BCUT2D eigenvalue weighted by atomic mass is 9.98. The minimum Gasteiger partial charge on any atom is -0.355 e. The second-order valence-electron chi connectivity index (χ2n) is 9.64. The summed E-state index contributed by atoms with van der Waals surface area (Å²) in [5.74, 6) is -25.9. The zero-order valence-corrected chi connectivity index (χ0v) is 21.1. The van der Waals surface area contributed by atoms with Gasteiger partial charge in [0.25, 0.3) is 0 Å². The van der Waals surface area contributed by atoms with Crippen LogP contribution in [0.2, 0.25) is 0 Å². The molecule has 1 aliphatic heterocycles. The molecule has 0 atom stereocenters. The molecule has 0 saturated heterocycles. The second-order valence-corrected chi connectivity index (χ2v) is 9.64. The maximum atomic E-state index is 15.2. The maximum Gasteiger partial charge on any atom is 0.460 e. The van der Waals surface area contributed by atoms with Gasteiger partial charge in [0.15, 0.2) is 0 Å². The molecule has 0 aliphatic carbocycles. The molecule has 4 aromatic rings. The number of alkyl halides is 14. The molecule has 0 spiro atoms. The Bertz CT molecular complexity index is 1820. The molecule has 4 nitrogen and oxygen atoms in total. The van der Waals surface area contributed by atoms with E-state index in [1.807, 2.05) is 0 Å². The van der Waals surface area contributed by atoms with Gasteiger partial charge >= 0.3 is 36.0 Å². The number of aromatic nitrogens is 4. The molecule has 0 saturated carbocycles. The van der Waals surface area contributed by atoms with Crippen LogP contribution in [-0.4, -0.2) is 56.0 Å². The summed E-state index contributed by atoms with van der Waals surface area (Å²) >= 11 is 0. The number of halogens is 14. The van der Waals surface area contributed by atoms with Gasteiger partial charge in [-0.2, -0.15) is 61.5 Å². The fraction of sp³-hybridized carbons (Fsp3) is 0.231. The van der Waals surface area contributed by atoms with Gasteiger partial charge in [0.2, 0.25) is 0 Å². The fourth-order valence-corrected chi connectivity index (χ4v) is 4.54. The van der Waals surface area contributed by atoms with Crippen LogP contribution in [0.4, 0.5) is 61.5 Å². The molecule has 4 aromatic heterocycles. The van der Waals surface area contributed by atoms with Gasteiger partial charge in [-0.05, 0) is 60.7 Å². The first-order valence-corrected chi connectivity index (χ1v) is 11.9. The van der Waals surface area contributed by atoms with E-state index in [0.717, 1.165) is 12.1 Å². The van der Waals surface area contributed by atoms with E-state index >= 15 is 17.6 Å². The standard InChI is InChI=1S/C26H14F14N4/c27-21(28,23(31,32)25(35,36)37)19-15-5-3-13(42-15)9-11-1-2-12(41-11)10-14-4-6-16(43-14)20(18-8-7-17(19)44-18)22(29,30)24(33,34)26(38,39)40/h1-10,41-44H/b11-9-,12-10-,13-9?,14-10?,19-15?,19-17+,20-16?,20-18+. The summed E-state index contributed by atoms with van der Waals surface area (Å²) in [6.45, 7) is 0. The first-order valence-electron chi connectivity index (χ1n) is 11.9. The molecule has 236 valence electrons. The first kappa shape index (κ1) is 31.1. The van der Waals surface area contributed by atoms with E-state index in [4.69, 9.17) is 0 Å². The number of nitrogens with one attached hydrogen (secondary N) is 4. The Hall–Kier alpha value is -4.38. The highest BCUT2D eigenvalue weighted by atomic mass is 19.4. The van der Waals surface area contributed by atoms with Crippen LogP contribution >= 0.6 is 0 Å². The minimum absolute atomic E-state index is 0.123. The molecule has 0 radical (unpaired) electrons. The number of hydrogen-bond acceptors (Lipinski definition) is 0. The fourth-order valence-electron chi connectivity index (χ4n) is 4.54. The van der Waals surface area contributed by atoms with E-state index in [2.05, 4.69) is 15.0 Å². The van der Waals surface area contributed by atoms with Crippen molar-refractivity contribution in [3.05, 3.63) is 92.7 Å². The quantitative estimate of drug-likeness (QED) is 0.225.